The van der Waals surface area contributed by atoms with Gasteiger partial charge in [0.2, 0.25) is 0 Å². The van der Waals surface area contributed by atoms with E-state index in [1.165, 1.54) is 24.3 Å². The molecule has 170 valence electrons. The number of para-hydroxylation sites is 1. The van der Waals surface area contributed by atoms with E-state index in [0.717, 1.165) is 11.3 Å². The Morgan fingerprint density at radius 3 is 2.48 bits per heavy atom. The second-order valence-corrected chi connectivity index (χ2v) is 9.37. The summed E-state index contributed by atoms with van der Waals surface area (Å²) in [6, 6.07) is 18.4. The molecule has 3 aromatic carbocycles. The fourth-order valence-electron chi connectivity index (χ4n) is 3.37. The first-order chi connectivity index (χ1) is 15.7. The van der Waals surface area contributed by atoms with Gasteiger partial charge in [-0.15, -0.1) is 0 Å². The summed E-state index contributed by atoms with van der Waals surface area (Å²) in [5.41, 5.74) is 2.72. The summed E-state index contributed by atoms with van der Waals surface area (Å²) in [7, 11) is -0.133. The predicted octanol–water partition coefficient (Wildman–Crippen LogP) is 2.65. The second kappa shape index (κ2) is 8.83. The quantitative estimate of drug-likeness (QED) is 0.334. The van der Waals surface area contributed by atoms with Crippen molar-refractivity contribution in [1.29, 1.82) is 0 Å². The SMILES string of the molecule is CN(C)c1cccc(CNC(=O)c2ccccc2NS(=O)(=O)c2ccc3[nH]c(=O)[nH]c3c2)c1. The number of carbonyl (C=O) groups is 1. The molecule has 0 aliphatic heterocycles. The molecule has 0 aliphatic carbocycles. The van der Waals surface area contributed by atoms with Crippen molar-refractivity contribution in [2.24, 2.45) is 0 Å². The molecule has 0 saturated carbocycles. The van der Waals surface area contributed by atoms with Crippen LogP contribution in [0.4, 0.5) is 11.4 Å². The highest BCUT2D eigenvalue weighted by Gasteiger charge is 2.19. The van der Waals surface area contributed by atoms with Gasteiger partial charge >= 0.3 is 5.69 Å². The highest BCUT2D eigenvalue weighted by Crippen LogP contribution is 2.22. The Morgan fingerprint density at radius 2 is 1.70 bits per heavy atom. The number of nitrogens with zero attached hydrogens (tertiary/aromatic N) is 1. The van der Waals surface area contributed by atoms with Crippen molar-refractivity contribution >= 4 is 38.3 Å². The number of carbonyl (C=O) groups excluding carboxylic acids is 1. The maximum absolute atomic E-state index is 13.0. The fourth-order valence-corrected chi connectivity index (χ4v) is 4.48. The molecular weight excluding hydrogens is 442 g/mol. The van der Waals surface area contributed by atoms with Crippen molar-refractivity contribution in [3.05, 3.63) is 88.3 Å². The smallest absolute Gasteiger partial charge is 0.323 e. The topological polar surface area (TPSA) is 127 Å². The van der Waals surface area contributed by atoms with E-state index >= 15 is 0 Å². The number of hydrogen-bond donors (Lipinski definition) is 4. The minimum atomic E-state index is -4.01. The lowest BCUT2D eigenvalue weighted by molar-refractivity contribution is 0.0952. The van der Waals surface area contributed by atoms with Crippen LogP contribution in [0.3, 0.4) is 0 Å². The van der Waals surface area contributed by atoms with Gasteiger partial charge in [0, 0.05) is 26.3 Å². The van der Waals surface area contributed by atoms with Gasteiger partial charge in [0.1, 0.15) is 0 Å². The van der Waals surface area contributed by atoms with Gasteiger partial charge in [-0.25, -0.2) is 13.2 Å². The summed E-state index contributed by atoms with van der Waals surface area (Å²) in [6.45, 7) is 0.291. The van der Waals surface area contributed by atoms with Gasteiger partial charge < -0.3 is 20.2 Å². The monoisotopic (exact) mass is 465 g/mol. The molecule has 1 aromatic heterocycles. The standard InChI is InChI=1S/C23H23N5O4S/c1-28(2)16-7-5-6-15(12-16)14-24-22(29)18-8-3-4-9-19(18)27-33(31,32)17-10-11-20-21(13-17)26-23(30)25-20/h3-13,27H,14H2,1-2H3,(H,24,29)(H2,25,26,30). The van der Waals surface area contributed by atoms with E-state index in [1.54, 1.807) is 18.2 Å². The predicted molar refractivity (Wildman–Crippen MR) is 128 cm³/mol. The first kappa shape index (κ1) is 22.2. The number of aromatic nitrogens is 2. The Morgan fingerprint density at radius 1 is 0.939 bits per heavy atom. The van der Waals surface area contributed by atoms with Crippen LogP contribution in [0.2, 0.25) is 0 Å². The number of benzene rings is 3. The molecular formula is C23H23N5O4S. The Labute approximate surface area is 190 Å². The molecule has 0 aliphatic rings. The van der Waals surface area contributed by atoms with Gasteiger partial charge in [0.15, 0.2) is 0 Å². The molecule has 4 rings (SSSR count). The molecule has 0 fully saturated rings. The molecule has 0 saturated heterocycles. The summed E-state index contributed by atoms with van der Waals surface area (Å²) in [5.74, 6) is -0.408. The zero-order valence-electron chi connectivity index (χ0n) is 18.0. The van der Waals surface area contributed by atoms with E-state index < -0.39 is 21.6 Å². The number of sulfonamides is 1. The first-order valence-electron chi connectivity index (χ1n) is 10.1. The molecule has 4 N–H and O–H groups in total. The third-order valence-corrected chi connectivity index (χ3v) is 6.46. The van der Waals surface area contributed by atoms with E-state index in [0.29, 0.717) is 17.6 Å². The maximum Gasteiger partial charge on any atom is 0.323 e. The molecule has 0 spiro atoms. The van der Waals surface area contributed by atoms with Gasteiger partial charge in [-0.05, 0) is 48.0 Å². The van der Waals surface area contributed by atoms with E-state index in [9.17, 15) is 18.0 Å². The van der Waals surface area contributed by atoms with Gasteiger partial charge in [-0.3, -0.25) is 9.52 Å². The summed E-state index contributed by atoms with van der Waals surface area (Å²) in [6.07, 6.45) is 0. The van der Waals surface area contributed by atoms with Crippen LogP contribution in [0.5, 0.6) is 0 Å². The third-order valence-electron chi connectivity index (χ3n) is 5.09. The summed E-state index contributed by atoms with van der Waals surface area (Å²) in [5, 5.41) is 2.84. The lowest BCUT2D eigenvalue weighted by Crippen LogP contribution is -2.25. The number of fused-ring (bicyclic) bond motifs is 1. The molecule has 33 heavy (non-hydrogen) atoms. The average Bonchev–Trinajstić information content (AvgIpc) is 3.17. The first-order valence-corrected chi connectivity index (χ1v) is 11.6. The molecule has 0 unspecified atom stereocenters. The average molecular weight is 466 g/mol. The Kier molecular flexibility index (Phi) is 5.93. The third kappa shape index (κ3) is 4.90. The molecule has 4 aromatic rings. The van der Waals surface area contributed by atoms with Gasteiger partial charge in [-0.1, -0.05) is 24.3 Å². The number of imidazole rings is 1. The van der Waals surface area contributed by atoms with E-state index in [4.69, 9.17) is 0 Å². The number of aromatic amines is 2. The van der Waals surface area contributed by atoms with Crippen molar-refractivity contribution < 1.29 is 13.2 Å². The fraction of sp³-hybridized carbons (Fsp3) is 0.130. The zero-order chi connectivity index (χ0) is 23.6. The van der Waals surface area contributed by atoms with Crippen LogP contribution in [0.15, 0.2) is 76.4 Å². The van der Waals surface area contributed by atoms with Crippen LogP contribution in [0.1, 0.15) is 15.9 Å². The summed E-state index contributed by atoms with van der Waals surface area (Å²) >= 11 is 0. The minimum absolute atomic E-state index is 0.0408. The second-order valence-electron chi connectivity index (χ2n) is 7.68. The Hall–Kier alpha value is -4.05. The largest absolute Gasteiger partial charge is 0.378 e. The molecule has 1 heterocycles. The number of hydrogen-bond acceptors (Lipinski definition) is 5. The van der Waals surface area contributed by atoms with Crippen molar-refractivity contribution in [1.82, 2.24) is 15.3 Å². The van der Waals surface area contributed by atoms with Crippen LogP contribution in [0.25, 0.3) is 11.0 Å². The highest BCUT2D eigenvalue weighted by atomic mass is 32.2. The summed E-state index contributed by atoms with van der Waals surface area (Å²) in [4.78, 5) is 31.3. The zero-order valence-corrected chi connectivity index (χ0v) is 18.9. The van der Waals surface area contributed by atoms with Crippen molar-refractivity contribution in [2.45, 2.75) is 11.4 Å². The number of amides is 1. The van der Waals surface area contributed by atoms with Crippen LogP contribution in [-0.2, 0) is 16.6 Å². The van der Waals surface area contributed by atoms with E-state index in [1.807, 2.05) is 43.3 Å². The summed E-state index contributed by atoms with van der Waals surface area (Å²) < 4.78 is 28.4. The lowest BCUT2D eigenvalue weighted by atomic mass is 10.1. The van der Waals surface area contributed by atoms with Gasteiger partial charge in [-0.2, -0.15) is 0 Å². The number of nitrogens with one attached hydrogen (secondary N) is 4. The number of rotatable bonds is 7. The van der Waals surface area contributed by atoms with E-state index in [2.05, 4.69) is 20.0 Å². The normalized spacial score (nSPS) is 11.3. The van der Waals surface area contributed by atoms with Crippen LogP contribution in [-0.4, -0.2) is 38.4 Å². The van der Waals surface area contributed by atoms with Crippen molar-refractivity contribution in [2.75, 3.05) is 23.7 Å². The molecule has 0 atom stereocenters. The molecule has 1 amide bonds. The van der Waals surface area contributed by atoms with Gasteiger partial charge in [0.05, 0.1) is 27.2 Å². The maximum atomic E-state index is 13.0. The Balaban J connectivity index is 1.54. The number of H-pyrrole nitrogens is 2. The number of anilines is 2. The molecule has 0 radical (unpaired) electrons. The van der Waals surface area contributed by atoms with Crippen LogP contribution in [0, 0.1) is 0 Å². The Bertz CT molecular complexity index is 1490. The van der Waals surface area contributed by atoms with Crippen LogP contribution >= 0.6 is 0 Å². The lowest BCUT2D eigenvalue weighted by Gasteiger charge is -2.15. The molecule has 9 nitrogen and oxygen atoms in total. The van der Waals surface area contributed by atoms with Crippen LogP contribution < -0.4 is 20.6 Å². The van der Waals surface area contributed by atoms with Gasteiger partial charge in [0.25, 0.3) is 15.9 Å². The van der Waals surface area contributed by atoms with Crippen molar-refractivity contribution in [3.8, 4) is 0 Å². The minimum Gasteiger partial charge on any atom is -0.378 e. The molecule has 10 heteroatoms. The highest BCUT2D eigenvalue weighted by molar-refractivity contribution is 7.92. The van der Waals surface area contributed by atoms with E-state index in [-0.39, 0.29) is 16.1 Å². The molecule has 0 bridgehead atoms. The van der Waals surface area contributed by atoms with Crippen molar-refractivity contribution in [3.63, 3.8) is 0 Å².